The monoisotopic (exact) mass is 246 g/mol. The molecule has 0 saturated heterocycles. The molecule has 0 aliphatic rings. The molecule has 3 heteroatoms. The predicted molar refractivity (Wildman–Crippen MR) is 74.6 cm³/mol. The van der Waals surface area contributed by atoms with Crippen LogP contribution in [0.25, 0.3) is 10.9 Å². The van der Waals surface area contributed by atoms with E-state index < -0.39 is 0 Å². The largest absolute Gasteiger partial charge is 0.370 e. The first kappa shape index (κ1) is 12.8. The minimum absolute atomic E-state index is 0.194. The van der Waals surface area contributed by atoms with Crippen molar-refractivity contribution in [3.05, 3.63) is 35.1 Å². The average molecular weight is 246 g/mol. The highest BCUT2D eigenvalue weighted by Gasteiger charge is 2.09. The van der Waals surface area contributed by atoms with E-state index >= 15 is 0 Å². The second-order valence-corrected chi connectivity index (χ2v) is 4.52. The maximum Gasteiger partial charge on any atom is 0.129 e. The van der Waals surface area contributed by atoms with Crippen LogP contribution in [0.4, 0.5) is 10.2 Å². The number of nitrogens with zero attached hydrogens (tertiary/aromatic N) is 1. The summed E-state index contributed by atoms with van der Waals surface area (Å²) in [5, 5.41) is 4.28. The number of anilines is 1. The molecule has 1 aromatic heterocycles. The van der Waals surface area contributed by atoms with Crippen LogP contribution in [0.3, 0.4) is 0 Å². The molecule has 0 atom stereocenters. The number of nitrogens with one attached hydrogen (secondary N) is 1. The summed E-state index contributed by atoms with van der Waals surface area (Å²) in [6.07, 6.45) is 2.06. The fraction of sp³-hybridized carbons (Fsp3) is 0.400. The van der Waals surface area contributed by atoms with Gasteiger partial charge in [-0.3, -0.25) is 0 Å². The molecule has 1 aromatic carbocycles. The maximum atomic E-state index is 13.6. The van der Waals surface area contributed by atoms with E-state index in [4.69, 9.17) is 0 Å². The highest BCUT2D eigenvalue weighted by molar-refractivity contribution is 5.84. The number of aromatic nitrogens is 1. The van der Waals surface area contributed by atoms with Gasteiger partial charge in [-0.2, -0.15) is 0 Å². The molecule has 1 N–H and O–H groups in total. The molecular formula is C15H19FN2. The summed E-state index contributed by atoms with van der Waals surface area (Å²) in [7, 11) is 0. The average Bonchev–Trinajstić information content (AvgIpc) is 2.36. The van der Waals surface area contributed by atoms with Crippen LogP contribution in [-0.2, 0) is 6.42 Å². The summed E-state index contributed by atoms with van der Waals surface area (Å²) in [5.41, 5.74) is 2.58. The Morgan fingerprint density at radius 2 is 2.06 bits per heavy atom. The van der Waals surface area contributed by atoms with Crippen molar-refractivity contribution >= 4 is 16.7 Å². The molecule has 0 radical (unpaired) electrons. The summed E-state index contributed by atoms with van der Waals surface area (Å²) < 4.78 is 13.6. The van der Waals surface area contributed by atoms with Gasteiger partial charge < -0.3 is 5.32 Å². The maximum absolute atomic E-state index is 13.6. The summed E-state index contributed by atoms with van der Waals surface area (Å²) >= 11 is 0. The molecule has 0 aliphatic carbocycles. The zero-order valence-electron chi connectivity index (χ0n) is 11.2. The van der Waals surface area contributed by atoms with E-state index in [1.807, 2.05) is 6.92 Å². The number of rotatable bonds is 4. The van der Waals surface area contributed by atoms with Gasteiger partial charge in [0, 0.05) is 17.5 Å². The second-order valence-electron chi connectivity index (χ2n) is 4.52. The van der Waals surface area contributed by atoms with Crippen LogP contribution in [0.15, 0.2) is 18.2 Å². The van der Waals surface area contributed by atoms with E-state index in [0.29, 0.717) is 5.56 Å². The third-order valence-corrected chi connectivity index (χ3v) is 3.12. The van der Waals surface area contributed by atoms with Gasteiger partial charge in [0.1, 0.15) is 11.6 Å². The first-order valence-corrected chi connectivity index (χ1v) is 6.50. The fourth-order valence-electron chi connectivity index (χ4n) is 2.18. The van der Waals surface area contributed by atoms with Gasteiger partial charge in [-0.1, -0.05) is 13.3 Å². The van der Waals surface area contributed by atoms with Crippen LogP contribution in [0, 0.1) is 12.7 Å². The third-order valence-electron chi connectivity index (χ3n) is 3.12. The Hall–Kier alpha value is -1.64. The van der Waals surface area contributed by atoms with Crippen molar-refractivity contribution < 1.29 is 4.39 Å². The van der Waals surface area contributed by atoms with Crippen molar-refractivity contribution in [3.8, 4) is 0 Å². The number of hydrogen-bond donors (Lipinski definition) is 1. The molecule has 0 aliphatic heterocycles. The fourth-order valence-corrected chi connectivity index (χ4v) is 2.18. The Morgan fingerprint density at radius 1 is 1.28 bits per heavy atom. The zero-order chi connectivity index (χ0) is 13.1. The molecule has 2 aromatic rings. The van der Waals surface area contributed by atoms with Crippen LogP contribution in [-0.4, -0.2) is 11.5 Å². The van der Waals surface area contributed by atoms with E-state index in [1.54, 1.807) is 13.0 Å². The highest BCUT2D eigenvalue weighted by atomic mass is 19.1. The lowest BCUT2D eigenvalue weighted by atomic mass is 10.1. The standard InChI is InChI=1S/C15H19FN2/c1-4-6-12-9-11-7-8-13(16)10(3)14(11)18-15(12)17-5-2/h7-9H,4-6H2,1-3H3,(H,17,18). The Morgan fingerprint density at radius 3 is 2.72 bits per heavy atom. The molecule has 0 saturated carbocycles. The first-order valence-electron chi connectivity index (χ1n) is 6.50. The third kappa shape index (κ3) is 2.30. The van der Waals surface area contributed by atoms with Crippen molar-refractivity contribution in [3.63, 3.8) is 0 Å². The molecule has 0 amide bonds. The van der Waals surface area contributed by atoms with E-state index in [1.165, 1.54) is 11.6 Å². The van der Waals surface area contributed by atoms with E-state index in [0.717, 1.165) is 36.1 Å². The number of benzene rings is 1. The van der Waals surface area contributed by atoms with Gasteiger partial charge in [0.15, 0.2) is 0 Å². The summed E-state index contributed by atoms with van der Waals surface area (Å²) in [4.78, 5) is 4.59. The minimum atomic E-state index is -0.194. The van der Waals surface area contributed by atoms with Gasteiger partial charge in [0.2, 0.25) is 0 Å². The Kier molecular flexibility index (Phi) is 3.80. The van der Waals surface area contributed by atoms with Crippen molar-refractivity contribution in [1.29, 1.82) is 0 Å². The van der Waals surface area contributed by atoms with Crippen molar-refractivity contribution in [1.82, 2.24) is 4.98 Å². The van der Waals surface area contributed by atoms with Gasteiger partial charge in [-0.15, -0.1) is 0 Å². The molecule has 0 bridgehead atoms. The number of hydrogen-bond acceptors (Lipinski definition) is 2. The number of pyridine rings is 1. The molecule has 96 valence electrons. The summed E-state index contributed by atoms with van der Waals surface area (Å²) in [6.45, 7) is 6.79. The van der Waals surface area contributed by atoms with Crippen LogP contribution in [0.1, 0.15) is 31.4 Å². The lowest BCUT2D eigenvalue weighted by Crippen LogP contribution is -2.04. The van der Waals surface area contributed by atoms with Gasteiger partial charge in [0.05, 0.1) is 5.52 Å². The molecule has 1 heterocycles. The Labute approximate surface area is 107 Å². The molecule has 0 spiro atoms. The topological polar surface area (TPSA) is 24.9 Å². The number of halogens is 1. The van der Waals surface area contributed by atoms with Gasteiger partial charge in [0.25, 0.3) is 0 Å². The molecule has 2 rings (SSSR count). The van der Waals surface area contributed by atoms with Crippen molar-refractivity contribution in [2.24, 2.45) is 0 Å². The highest BCUT2D eigenvalue weighted by Crippen LogP contribution is 2.25. The lowest BCUT2D eigenvalue weighted by Gasteiger charge is -2.12. The molecule has 18 heavy (non-hydrogen) atoms. The first-order chi connectivity index (χ1) is 8.67. The van der Waals surface area contributed by atoms with Crippen LogP contribution >= 0.6 is 0 Å². The van der Waals surface area contributed by atoms with E-state index in [2.05, 4.69) is 23.3 Å². The van der Waals surface area contributed by atoms with Gasteiger partial charge in [-0.25, -0.2) is 9.37 Å². The molecule has 2 nitrogen and oxygen atoms in total. The van der Waals surface area contributed by atoms with Crippen molar-refractivity contribution in [2.45, 2.75) is 33.6 Å². The number of fused-ring (bicyclic) bond motifs is 1. The predicted octanol–water partition coefficient (Wildman–Crippen LogP) is 4.07. The van der Waals surface area contributed by atoms with Crippen LogP contribution in [0.2, 0.25) is 0 Å². The molecule has 0 fully saturated rings. The van der Waals surface area contributed by atoms with E-state index in [9.17, 15) is 4.39 Å². The Bertz CT molecular complexity index is 564. The van der Waals surface area contributed by atoms with Crippen LogP contribution in [0.5, 0.6) is 0 Å². The lowest BCUT2D eigenvalue weighted by molar-refractivity contribution is 0.620. The smallest absolute Gasteiger partial charge is 0.129 e. The normalized spacial score (nSPS) is 10.9. The minimum Gasteiger partial charge on any atom is -0.370 e. The van der Waals surface area contributed by atoms with Gasteiger partial charge in [-0.05, 0) is 44.0 Å². The van der Waals surface area contributed by atoms with Crippen molar-refractivity contribution in [2.75, 3.05) is 11.9 Å². The summed E-state index contributed by atoms with van der Waals surface area (Å²) in [6, 6.07) is 5.44. The van der Waals surface area contributed by atoms with Gasteiger partial charge >= 0.3 is 0 Å². The van der Waals surface area contributed by atoms with Crippen LogP contribution < -0.4 is 5.32 Å². The zero-order valence-corrected chi connectivity index (χ0v) is 11.2. The summed E-state index contributed by atoms with van der Waals surface area (Å²) in [5.74, 6) is 0.696. The SMILES string of the molecule is CCCc1cc2ccc(F)c(C)c2nc1NCC. The molecular weight excluding hydrogens is 227 g/mol. The van der Waals surface area contributed by atoms with E-state index in [-0.39, 0.29) is 5.82 Å². The second kappa shape index (κ2) is 5.34. The number of aryl methyl sites for hydroxylation is 2. The quantitative estimate of drug-likeness (QED) is 0.879. The Balaban J connectivity index is 2.64. The molecule has 0 unspecified atom stereocenters.